The third-order valence-electron chi connectivity index (χ3n) is 6.21. The lowest BCUT2D eigenvalue weighted by Crippen LogP contribution is -2.40. The van der Waals surface area contributed by atoms with Crippen molar-refractivity contribution in [3.63, 3.8) is 0 Å². The first kappa shape index (κ1) is 23.8. The molecule has 2 aromatic rings. The Morgan fingerprint density at radius 1 is 0.912 bits per heavy atom. The van der Waals surface area contributed by atoms with E-state index in [1.54, 1.807) is 12.1 Å². The lowest BCUT2D eigenvalue weighted by Gasteiger charge is -2.38. The van der Waals surface area contributed by atoms with Crippen LogP contribution in [0.5, 0.6) is 17.2 Å². The Labute approximate surface area is 198 Å². The van der Waals surface area contributed by atoms with Gasteiger partial charge >= 0.3 is 0 Å². The summed E-state index contributed by atoms with van der Waals surface area (Å²) in [6.45, 7) is 0. The van der Waals surface area contributed by atoms with Crippen molar-refractivity contribution in [2.45, 2.75) is 36.5 Å². The molecule has 2 aliphatic rings. The molecule has 1 aliphatic carbocycles. The lowest BCUT2D eigenvalue weighted by molar-refractivity contribution is -0.119. The summed E-state index contributed by atoms with van der Waals surface area (Å²) in [5.74, 6) is 0.695. The number of primary sulfonamides is 1. The maximum absolute atomic E-state index is 13.4. The Morgan fingerprint density at radius 2 is 1.53 bits per heavy atom. The largest absolute Gasteiger partial charge is 0.496 e. The number of ketones is 1. The Kier molecular flexibility index (Phi) is 6.37. The van der Waals surface area contributed by atoms with Gasteiger partial charge in [0.2, 0.25) is 15.9 Å². The highest BCUT2D eigenvalue weighted by Crippen LogP contribution is 2.48. The minimum absolute atomic E-state index is 0.0262. The highest BCUT2D eigenvalue weighted by Gasteiger charge is 2.41. The first-order chi connectivity index (χ1) is 16.2. The molecule has 0 aromatic heterocycles. The van der Waals surface area contributed by atoms with Crippen molar-refractivity contribution in [1.29, 1.82) is 0 Å². The minimum Gasteiger partial charge on any atom is -0.496 e. The fraction of sp³-hybridized carbons (Fsp3) is 0.333. The second-order valence-corrected chi connectivity index (χ2v) is 9.67. The number of anilines is 1. The van der Waals surface area contributed by atoms with Gasteiger partial charge in [0.15, 0.2) is 17.3 Å². The fourth-order valence-corrected chi connectivity index (χ4v) is 5.18. The number of ether oxygens (including phenoxy) is 3. The number of Topliss-reactive ketones (excluding diaryl/α,β-unsaturated/α-hetero) is 1. The van der Waals surface area contributed by atoms with Gasteiger partial charge in [-0.25, -0.2) is 13.6 Å². The fourth-order valence-electron chi connectivity index (χ4n) is 4.67. The van der Waals surface area contributed by atoms with Gasteiger partial charge in [-0.2, -0.15) is 0 Å². The average Bonchev–Trinajstić information content (AvgIpc) is 2.82. The zero-order valence-corrected chi connectivity index (χ0v) is 20.0. The molecular formula is C24H26N2O7S. The molecule has 1 unspecified atom stereocenters. The molecule has 0 spiro atoms. The van der Waals surface area contributed by atoms with Gasteiger partial charge in [-0.1, -0.05) is 0 Å². The van der Waals surface area contributed by atoms with Gasteiger partial charge < -0.3 is 14.2 Å². The van der Waals surface area contributed by atoms with E-state index in [0.717, 1.165) is 0 Å². The third kappa shape index (κ3) is 4.14. The number of amides is 1. The summed E-state index contributed by atoms with van der Waals surface area (Å²) in [5, 5.41) is 5.20. The number of allylic oxidation sites excluding steroid dienone is 2. The van der Waals surface area contributed by atoms with E-state index in [1.807, 2.05) is 0 Å². The van der Waals surface area contributed by atoms with Gasteiger partial charge in [0.05, 0.1) is 26.2 Å². The topological polar surface area (TPSA) is 125 Å². The van der Waals surface area contributed by atoms with E-state index < -0.39 is 15.9 Å². The molecule has 10 heteroatoms. The maximum atomic E-state index is 13.4. The molecule has 180 valence electrons. The minimum atomic E-state index is -3.87. The Hall–Kier alpha value is -3.37. The molecule has 1 amide bonds. The Balaban J connectivity index is 1.86. The van der Waals surface area contributed by atoms with Crippen molar-refractivity contribution in [3.05, 3.63) is 53.2 Å². The number of benzene rings is 2. The van der Waals surface area contributed by atoms with Crippen LogP contribution in [0.4, 0.5) is 5.69 Å². The molecule has 2 N–H and O–H groups in total. The number of nitrogens with two attached hydrogens (primary N) is 1. The van der Waals surface area contributed by atoms with Crippen LogP contribution in [0.15, 0.2) is 52.6 Å². The van der Waals surface area contributed by atoms with Crippen molar-refractivity contribution in [1.82, 2.24) is 0 Å². The summed E-state index contributed by atoms with van der Waals surface area (Å²) in [4.78, 5) is 28.1. The predicted molar refractivity (Wildman–Crippen MR) is 125 cm³/mol. The van der Waals surface area contributed by atoms with E-state index in [2.05, 4.69) is 0 Å². The van der Waals surface area contributed by atoms with Crippen molar-refractivity contribution in [2.75, 3.05) is 26.2 Å². The number of sulfonamides is 1. The molecule has 1 aliphatic heterocycles. The van der Waals surface area contributed by atoms with Crippen LogP contribution in [0.2, 0.25) is 0 Å². The number of nitrogens with zero attached hydrogens (tertiary/aromatic N) is 1. The number of carbonyl (C=O) groups excluding carboxylic acids is 2. The second-order valence-electron chi connectivity index (χ2n) is 8.11. The molecular weight excluding hydrogens is 460 g/mol. The molecule has 1 heterocycles. The van der Waals surface area contributed by atoms with Crippen LogP contribution in [0.3, 0.4) is 0 Å². The first-order valence-corrected chi connectivity index (χ1v) is 12.3. The van der Waals surface area contributed by atoms with E-state index in [4.69, 9.17) is 19.3 Å². The summed E-state index contributed by atoms with van der Waals surface area (Å²) in [6, 6.07) is 9.19. The van der Waals surface area contributed by atoms with Gasteiger partial charge in [-0.3, -0.25) is 14.5 Å². The number of carbonyl (C=O) groups is 2. The summed E-state index contributed by atoms with van der Waals surface area (Å²) in [7, 11) is 0.691. The van der Waals surface area contributed by atoms with Crippen LogP contribution in [-0.2, 0) is 19.6 Å². The quantitative estimate of drug-likeness (QED) is 0.665. The SMILES string of the molecule is COc1cc(OC)c(C2CC(=O)N(c3ccc(S(N)(=O)=O)cc3)C3=C2C(=O)CCC3)cc1OC. The van der Waals surface area contributed by atoms with Gasteiger partial charge in [-0.05, 0) is 43.2 Å². The van der Waals surface area contributed by atoms with Gasteiger partial charge in [0.25, 0.3) is 0 Å². The Morgan fingerprint density at radius 3 is 2.12 bits per heavy atom. The van der Waals surface area contributed by atoms with Crippen LogP contribution in [0, 0.1) is 0 Å². The molecule has 0 saturated carbocycles. The van der Waals surface area contributed by atoms with Crippen molar-refractivity contribution in [3.8, 4) is 17.2 Å². The number of methoxy groups -OCH3 is 3. The summed E-state index contributed by atoms with van der Waals surface area (Å²) < 4.78 is 39.7. The molecule has 4 rings (SSSR count). The summed E-state index contributed by atoms with van der Waals surface area (Å²) >= 11 is 0. The summed E-state index contributed by atoms with van der Waals surface area (Å²) in [6.07, 6.45) is 1.58. The standard InChI is InChI=1S/C24H26N2O7S/c1-31-20-13-22(33-3)21(32-2)11-16(20)17-12-23(28)26(18-5-4-6-19(27)24(17)18)14-7-9-15(10-8-14)34(25,29)30/h7-11,13,17H,4-6,12H2,1-3H3,(H2,25,29,30). The molecule has 9 nitrogen and oxygen atoms in total. The van der Waals surface area contributed by atoms with Crippen molar-refractivity contribution < 1.29 is 32.2 Å². The van der Waals surface area contributed by atoms with E-state index >= 15 is 0 Å². The smallest absolute Gasteiger partial charge is 0.238 e. The molecule has 0 bridgehead atoms. The maximum Gasteiger partial charge on any atom is 0.238 e. The molecule has 0 radical (unpaired) electrons. The van der Waals surface area contributed by atoms with Crippen molar-refractivity contribution >= 4 is 27.4 Å². The van der Waals surface area contributed by atoms with E-state index in [9.17, 15) is 18.0 Å². The monoisotopic (exact) mass is 486 g/mol. The molecule has 34 heavy (non-hydrogen) atoms. The van der Waals surface area contributed by atoms with E-state index in [1.165, 1.54) is 50.5 Å². The molecule has 1 atom stereocenters. The highest BCUT2D eigenvalue weighted by atomic mass is 32.2. The van der Waals surface area contributed by atoms with Crippen molar-refractivity contribution in [2.24, 2.45) is 5.14 Å². The third-order valence-corrected chi connectivity index (χ3v) is 7.14. The zero-order valence-electron chi connectivity index (χ0n) is 19.2. The normalized spacial score (nSPS) is 18.6. The Bertz CT molecular complexity index is 1280. The lowest BCUT2D eigenvalue weighted by atomic mass is 9.76. The van der Waals surface area contributed by atoms with Gasteiger partial charge in [0.1, 0.15) is 5.75 Å². The highest BCUT2D eigenvalue weighted by molar-refractivity contribution is 7.89. The van der Waals surface area contributed by atoms with Crippen LogP contribution >= 0.6 is 0 Å². The number of hydrogen-bond acceptors (Lipinski definition) is 7. The van der Waals surface area contributed by atoms with Crippen LogP contribution in [0.25, 0.3) is 0 Å². The van der Waals surface area contributed by atoms with Gasteiger partial charge in [-0.15, -0.1) is 0 Å². The van der Waals surface area contributed by atoms with Crippen LogP contribution in [-0.4, -0.2) is 41.4 Å². The summed E-state index contributed by atoms with van der Waals surface area (Å²) in [5.41, 5.74) is 2.34. The predicted octanol–water partition coefficient (Wildman–Crippen LogP) is 2.89. The van der Waals surface area contributed by atoms with E-state index in [-0.39, 0.29) is 23.0 Å². The average molecular weight is 487 g/mol. The van der Waals surface area contributed by atoms with Crippen LogP contribution in [0.1, 0.15) is 37.2 Å². The van der Waals surface area contributed by atoms with Crippen LogP contribution < -0.4 is 24.2 Å². The second kappa shape index (κ2) is 9.11. The first-order valence-electron chi connectivity index (χ1n) is 10.7. The number of rotatable bonds is 6. The van der Waals surface area contributed by atoms with Gasteiger partial charge in [0, 0.05) is 47.3 Å². The van der Waals surface area contributed by atoms with E-state index in [0.29, 0.717) is 59.0 Å². The zero-order chi connectivity index (χ0) is 24.6. The molecule has 0 fully saturated rings. The molecule has 0 saturated heterocycles. The number of hydrogen-bond donors (Lipinski definition) is 1. The molecule has 2 aromatic carbocycles.